The largest absolute Gasteiger partial charge is 0.473 e. The molecule has 1 atom stereocenters. The second-order valence-corrected chi connectivity index (χ2v) is 8.70. The van der Waals surface area contributed by atoms with Crippen molar-refractivity contribution in [2.45, 2.75) is 37.1 Å². The summed E-state index contributed by atoms with van der Waals surface area (Å²) in [7, 11) is 0. The number of carbonyl (C=O) groups excluding carboxylic acids is 2. The zero-order valence-electron chi connectivity index (χ0n) is 15.9. The second-order valence-electron chi connectivity index (χ2n) is 8.70. The van der Waals surface area contributed by atoms with Gasteiger partial charge in [-0.25, -0.2) is 19.6 Å². The number of hydrogen-bond acceptors (Lipinski definition) is 6. The number of carbonyl (C=O) groups is 2. The standard InChI is InChI=1S/C18H20F3N5O4/c19-18(20,21)12-4-23-13(5-22-12)30-11-1-2-16(3-11)6-25(7-16)15(28)26-8-17(9-26)10-29-14(27)24-17/h4-5,11H,1-3,6-10H2,(H,24,27)/t11-/m1/s1. The van der Waals surface area contributed by atoms with E-state index >= 15 is 0 Å². The Balaban J connectivity index is 1.10. The van der Waals surface area contributed by atoms with Gasteiger partial charge in [0.2, 0.25) is 5.88 Å². The molecule has 3 amide bonds. The fourth-order valence-electron chi connectivity index (χ4n) is 4.82. The molecule has 3 aliphatic heterocycles. The third-order valence-electron chi connectivity index (χ3n) is 6.29. The maximum Gasteiger partial charge on any atom is 0.434 e. The summed E-state index contributed by atoms with van der Waals surface area (Å²) in [5.74, 6) is 0.0732. The van der Waals surface area contributed by atoms with Gasteiger partial charge in [0, 0.05) is 18.5 Å². The zero-order valence-corrected chi connectivity index (χ0v) is 15.9. The first-order valence-corrected chi connectivity index (χ1v) is 9.70. The number of rotatable bonds is 2. The van der Waals surface area contributed by atoms with Gasteiger partial charge in [0.05, 0.1) is 25.5 Å². The number of likely N-dealkylation sites (tertiary alicyclic amines) is 2. The Morgan fingerprint density at radius 1 is 1.20 bits per heavy atom. The van der Waals surface area contributed by atoms with Crippen LogP contribution in [0.4, 0.5) is 22.8 Å². The topological polar surface area (TPSA) is 96.9 Å². The van der Waals surface area contributed by atoms with Gasteiger partial charge >= 0.3 is 18.3 Å². The highest BCUT2D eigenvalue weighted by Gasteiger charge is 2.56. The molecule has 9 nitrogen and oxygen atoms in total. The molecule has 30 heavy (non-hydrogen) atoms. The number of nitrogens with one attached hydrogen (secondary N) is 1. The molecule has 5 rings (SSSR count). The molecule has 1 saturated carbocycles. The van der Waals surface area contributed by atoms with Crippen LogP contribution in [0, 0.1) is 5.41 Å². The van der Waals surface area contributed by atoms with Gasteiger partial charge in [-0.3, -0.25) is 0 Å². The highest BCUT2D eigenvalue weighted by molar-refractivity contribution is 5.78. The van der Waals surface area contributed by atoms with Crippen molar-refractivity contribution in [1.29, 1.82) is 0 Å². The molecule has 1 aromatic rings. The van der Waals surface area contributed by atoms with Crippen molar-refractivity contribution in [2.75, 3.05) is 32.8 Å². The highest BCUT2D eigenvalue weighted by atomic mass is 19.4. The lowest BCUT2D eigenvalue weighted by atomic mass is 9.78. The molecule has 4 fully saturated rings. The van der Waals surface area contributed by atoms with Gasteiger partial charge in [-0.1, -0.05) is 0 Å². The summed E-state index contributed by atoms with van der Waals surface area (Å²) in [6, 6.07) is -0.0506. The number of urea groups is 1. The van der Waals surface area contributed by atoms with Gasteiger partial charge in [0.25, 0.3) is 0 Å². The Labute approximate surface area is 169 Å². The average molecular weight is 427 g/mol. The lowest BCUT2D eigenvalue weighted by molar-refractivity contribution is -0.141. The van der Waals surface area contributed by atoms with Crippen LogP contribution in [0.1, 0.15) is 25.0 Å². The van der Waals surface area contributed by atoms with E-state index in [2.05, 4.69) is 15.3 Å². The molecular formula is C18H20F3N5O4. The van der Waals surface area contributed by atoms with E-state index in [4.69, 9.17) is 9.47 Å². The van der Waals surface area contributed by atoms with Crippen LogP contribution in [0.5, 0.6) is 5.88 Å². The van der Waals surface area contributed by atoms with Crippen molar-refractivity contribution in [3.8, 4) is 5.88 Å². The van der Waals surface area contributed by atoms with Gasteiger partial charge in [-0.2, -0.15) is 13.2 Å². The summed E-state index contributed by atoms with van der Waals surface area (Å²) < 4.78 is 48.3. The van der Waals surface area contributed by atoms with Crippen LogP contribution in [0.2, 0.25) is 0 Å². The number of cyclic esters (lactones) is 1. The molecule has 4 aliphatic rings. The zero-order chi connectivity index (χ0) is 21.1. The Kier molecular flexibility index (Phi) is 4.06. The van der Waals surface area contributed by atoms with Crippen LogP contribution in [-0.2, 0) is 10.9 Å². The Morgan fingerprint density at radius 2 is 1.93 bits per heavy atom. The summed E-state index contributed by atoms with van der Waals surface area (Å²) in [4.78, 5) is 34.4. The number of ether oxygens (including phenoxy) is 2. The summed E-state index contributed by atoms with van der Waals surface area (Å²) in [6.45, 7) is 2.41. The Hall–Kier alpha value is -2.79. The fraction of sp³-hybridized carbons (Fsp3) is 0.667. The Morgan fingerprint density at radius 3 is 2.53 bits per heavy atom. The van der Waals surface area contributed by atoms with E-state index in [1.807, 2.05) is 0 Å². The number of alkyl carbamates (subject to hydrolysis) is 1. The SMILES string of the molecule is O=C1NC2(CO1)CN(C(=O)N1CC3(CC[C@@H](Oc4cnc(C(F)(F)F)cn4)C3)C1)C2. The van der Waals surface area contributed by atoms with Crippen LogP contribution in [0.25, 0.3) is 0 Å². The molecule has 1 aromatic heterocycles. The number of nitrogens with zero attached hydrogens (tertiary/aromatic N) is 4. The van der Waals surface area contributed by atoms with Gasteiger partial charge in [-0.15, -0.1) is 0 Å². The molecule has 12 heteroatoms. The number of hydrogen-bond donors (Lipinski definition) is 1. The molecule has 0 aromatic carbocycles. The molecule has 162 valence electrons. The van der Waals surface area contributed by atoms with E-state index in [0.29, 0.717) is 38.8 Å². The third kappa shape index (κ3) is 3.27. The number of alkyl halides is 3. The smallest absolute Gasteiger partial charge is 0.434 e. The first kappa shape index (κ1) is 19.2. The summed E-state index contributed by atoms with van der Waals surface area (Å²) in [5.41, 5.74) is -1.51. The van der Waals surface area contributed by atoms with Crippen molar-refractivity contribution in [2.24, 2.45) is 5.41 Å². The van der Waals surface area contributed by atoms with Gasteiger partial charge < -0.3 is 24.6 Å². The maximum atomic E-state index is 12.6. The highest BCUT2D eigenvalue weighted by Crippen LogP contribution is 2.47. The average Bonchev–Trinajstić information content (AvgIpc) is 3.22. The van der Waals surface area contributed by atoms with Gasteiger partial charge in [-0.05, 0) is 19.3 Å². The minimum Gasteiger partial charge on any atom is -0.473 e. The van der Waals surface area contributed by atoms with E-state index in [-0.39, 0.29) is 30.0 Å². The number of aromatic nitrogens is 2. The minimum absolute atomic E-state index is 0.0209. The van der Waals surface area contributed by atoms with E-state index in [0.717, 1.165) is 19.0 Å². The van der Waals surface area contributed by atoms with Crippen molar-refractivity contribution >= 4 is 12.1 Å². The Bertz CT molecular complexity index is 866. The predicted molar refractivity (Wildman–Crippen MR) is 93.5 cm³/mol. The number of halogens is 3. The molecule has 2 spiro atoms. The van der Waals surface area contributed by atoms with Crippen molar-refractivity contribution in [3.05, 3.63) is 18.1 Å². The van der Waals surface area contributed by atoms with Gasteiger partial charge in [0.15, 0.2) is 5.69 Å². The monoisotopic (exact) mass is 427 g/mol. The van der Waals surface area contributed by atoms with Gasteiger partial charge in [0.1, 0.15) is 18.2 Å². The van der Waals surface area contributed by atoms with Crippen LogP contribution in [-0.4, -0.2) is 76.3 Å². The van der Waals surface area contributed by atoms with E-state index in [1.165, 1.54) is 0 Å². The molecule has 0 bridgehead atoms. The molecule has 3 saturated heterocycles. The van der Waals surface area contributed by atoms with Crippen molar-refractivity contribution in [3.63, 3.8) is 0 Å². The normalized spacial score (nSPS) is 26.2. The maximum absolute atomic E-state index is 12.6. The summed E-state index contributed by atoms with van der Waals surface area (Å²) >= 11 is 0. The first-order chi connectivity index (χ1) is 14.2. The molecule has 1 aliphatic carbocycles. The van der Waals surface area contributed by atoms with Crippen LogP contribution in [0.15, 0.2) is 12.4 Å². The molecule has 1 N–H and O–H groups in total. The molecule has 4 heterocycles. The minimum atomic E-state index is -4.53. The quantitative estimate of drug-likeness (QED) is 0.771. The van der Waals surface area contributed by atoms with Crippen LogP contribution in [0.3, 0.4) is 0 Å². The summed E-state index contributed by atoms with van der Waals surface area (Å²) in [5, 5.41) is 2.75. The van der Waals surface area contributed by atoms with Crippen molar-refractivity contribution in [1.82, 2.24) is 25.1 Å². The lowest BCUT2D eigenvalue weighted by Crippen LogP contribution is -2.73. The van der Waals surface area contributed by atoms with E-state index < -0.39 is 23.5 Å². The fourth-order valence-corrected chi connectivity index (χ4v) is 4.82. The summed E-state index contributed by atoms with van der Waals surface area (Å²) in [6.07, 6.45) is -1.13. The molecule has 0 unspecified atom stereocenters. The predicted octanol–water partition coefficient (Wildman–Crippen LogP) is 1.64. The lowest BCUT2D eigenvalue weighted by Gasteiger charge is -2.53. The third-order valence-corrected chi connectivity index (χ3v) is 6.29. The van der Waals surface area contributed by atoms with Crippen LogP contribution < -0.4 is 10.1 Å². The first-order valence-electron chi connectivity index (χ1n) is 9.70. The molecule has 0 radical (unpaired) electrons. The molecular weight excluding hydrogens is 407 g/mol. The van der Waals surface area contributed by atoms with E-state index in [9.17, 15) is 22.8 Å². The number of amides is 3. The van der Waals surface area contributed by atoms with Crippen LogP contribution >= 0.6 is 0 Å². The second kappa shape index (κ2) is 6.35. The van der Waals surface area contributed by atoms with Crippen molar-refractivity contribution < 1.29 is 32.2 Å². The van der Waals surface area contributed by atoms with E-state index in [1.54, 1.807) is 9.80 Å².